The van der Waals surface area contributed by atoms with Crippen molar-refractivity contribution in [1.82, 2.24) is 14.8 Å². The van der Waals surface area contributed by atoms with Crippen LogP contribution in [0, 0.1) is 13.8 Å². The molecule has 1 atom stereocenters. The van der Waals surface area contributed by atoms with Gasteiger partial charge in [-0.25, -0.2) is 4.68 Å². The number of aromatic nitrogens is 3. The van der Waals surface area contributed by atoms with Gasteiger partial charge in [-0.15, -0.1) is 0 Å². The maximum atomic E-state index is 13.7. The quantitative estimate of drug-likeness (QED) is 0.288. The van der Waals surface area contributed by atoms with Crippen molar-refractivity contribution in [2.24, 2.45) is 0 Å². The summed E-state index contributed by atoms with van der Waals surface area (Å²) in [6.07, 6.45) is 1.47. The number of carbonyl (C=O) groups excluding carboxylic acids is 1. The van der Waals surface area contributed by atoms with Crippen LogP contribution >= 0.6 is 23.2 Å². The minimum atomic E-state index is -0.502. The van der Waals surface area contributed by atoms with E-state index in [4.69, 9.17) is 27.9 Å². The minimum absolute atomic E-state index is 0.217. The fraction of sp³-hybridized carbons (Fsp3) is 0.179. The first-order valence-electron chi connectivity index (χ1n) is 11.7. The molecule has 1 amide bonds. The third kappa shape index (κ3) is 5.19. The SMILES string of the molecule is CC1=C(C(=O)Nc2ccc(C)cc2C)[C@@H](c2cccc(OCc3ccc(Cl)c(Cl)c3)c2)n2ncnc2N1. The van der Waals surface area contributed by atoms with Crippen LogP contribution in [0.15, 0.2) is 78.3 Å². The maximum absolute atomic E-state index is 13.7. The van der Waals surface area contributed by atoms with Gasteiger partial charge in [0.15, 0.2) is 0 Å². The number of ether oxygens (including phenoxy) is 1. The summed E-state index contributed by atoms with van der Waals surface area (Å²) in [6, 6.07) is 18.5. The number of rotatable bonds is 6. The molecule has 188 valence electrons. The Hall–Kier alpha value is -3.81. The summed E-state index contributed by atoms with van der Waals surface area (Å²) in [5.74, 6) is 0.994. The summed E-state index contributed by atoms with van der Waals surface area (Å²) in [6.45, 7) is 6.18. The summed E-state index contributed by atoms with van der Waals surface area (Å²) < 4.78 is 7.76. The highest BCUT2D eigenvalue weighted by molar-refractivity contribution is 6.42. The highest BCUT2D eigenvalue weighted by Crippen LogP contribution is 2.36. The van der Waals surface area contributed by atoms with Crippen LogP contribution in [0.1, 0.15) is 35.2 Å². The van der Waals surface area contributed by atoms with E-state index in [0.29, 0.717) is 39.6 Å². The second kappa shape index (κ2) is 10.3. The molecule has 0 fully saturated rings. The van der Waals surface area contributed by atoms with E-state index in [1.165, 1.54) is 6.33 Å². The van der Waals surface area contributed by atoms with Crippen LogP contribution in [0.5, 0.6) is 5.75 Å². The number of fused-ring (bicyclic) bond motifs is 1. The van der Waals surface area contributed by atoms with E-state index in [2.05, 4.69) is 20.7 Å². The van der Waals surface area contributed by atoms with E-state index in [-0.39, 0.29) is 5.91 Å². The predicted molar refractivity (Wildman–Crippen MR) is 146 cm³/mol. The standard InChI is InChI=1S/C28H25Cl2N5O2/c1-16-7-10-24(17(2)11-16)34-27(36)25-18(3)33-28-31-15-32-35(28)26(25)20-5-4-6-21(13-20)37-14-19-8-9-22(29)23(30)12-19/h4-13,15,26H,14H2,1-3H3,(H,34,36)(H,31,32,33)/t26-/m1/s1. The first kappa shape index (κ1) is 24.9. The fourth-order valence-corrected chi connectivity index (χ4v) is 4.73. The smallest absolute Gasteiger partial charge is 0.255 e. The maximum Gasteiger partial charge on any atom is 0.255 e. The molecule has 2 heterocycles. The van der Waals surface area contributed by atoms with Gasteiger partial charge in [-0.05, 0) is 67.8 Å². The number of nitrogens with zero attached hydrogens (tertiary/aromatic N) is 3. The van der Waals surface area contributed by atoms with Gasteiger partial charge >= 0.3 is 0 Å². The van der Waals surface area contributed by atoms with Crippen molar-refractivity contribution < 1.29 is 9.53 Å². The molecule has 1 aliphatic heterocycles. The molecular weight excluding hydrogens is 509 g/mol. The van der Waals surface area contributed by atoms with E-state index in [0.717, 1.165) is 27.9 Å². The first-order chi connectivity index (χ1) is 17.8. The van der Waals surface area contributed by atoms with E-state index in [9.17, 15) is 4.79 Å². The Morgan fingerprint density at radius 3 is 2.68 bits per heavy atom. The Bertz CT molecular complexity index is 1530. The Kier molecular flexibility index (Phi) is 6.91. The van der Waals surface area contributed by atoms with Crippen LogP contribution in [0.4, 0.5) is 11.6 Å². The van der Waals surface area contributed by atoms with Crippen molar-refractivity contribution in [3.05, 3.63) is 111 Å². The summed E-state index contributed by atoms with van der Waals surface area (Å²) in [5.41, 5.74) is 5.86. The molecule has 2 N–H and O–H groups in total. The third-order valence-corrected chi connectivity index (χ3v) is 6.97. The first-order valence-corrected chi connectivity index (χ1v) is 12.5. The lowest BCUT2D eigenvalue weighted by Crippen LogP contribution is -2.31. The zero-order valence-electron chi connectivity index (χ0n) is 20.5. The van der Waals surface area contributed by atoms with Gasteiger partial charge in [-0.3, -0.25) is 4.79 Å². The molecule has 0 saturated carbocycles. The Labute approximate surface area is 225 Å². The van der Waals surface area contributed by atoms with E-state index >= 15 is 0 Å². The van der Waals surface area contributed by atoms with Crippen molar-refractivity contribution in [3.8, 4) is 5.75 Å². The molecule has 3 aromatic carbocycles. The molecule has 4 aromatic rings. The molecule has 9 heteroatoms. The average Bonchev–Trinajstić information content (AvgIpc) is 3.33. The van der Waals surface area contributed by atoms with Crippen LogP contribution < -0.4 is 15.4 Å². The third-order valence-electron chi connectivity index (χ3n) is 6.23. The number of hydrogen-bond acceptors (Lipinski definition) is 5. The summed E-state index contributed by atoms with van der Waals surface area (Å²) in [7, 11) is 0. The van der Waals surface area contributed by atoms with Crippen LogP contribution in [0.25, 0.3) is 0 Å². The van der Waals surface area contributed by atoms with Crippen molar-refractivity contribution in [1.29, 1.82) is 0 Å². The number of anilines is 2. The van der Waals surface area contributed by atoms with Gasteiger partial charge in [0, 0.05) is 11.4 Å². The van der Waals surface area contributed by atoms with Crippen LogP contribution in [-0.4, -0.2) is 20.7 Å². The molecule has 1 aliphatic rings. The zero-order chi connectivity index (χ0) is 26.1. The highest BCUT2D eigenvalue weighted by atomic mass is 35.5. The number of allylic oxidation sites excluding steroid dienone is 1. The summed E-state index contributed by atoms with van der Waals surface area (Å²) >= 11 is 12.2. The highest BCUT2D eigenvalue weighted by Gasteiger charge is 2.33. The molecule has 0 bridgehead atoms. The van der Waals surface area contributed by atoms with Gasteiger partial charge in [0.05, 0.1) is 15.6 Å². The number of halogens is 2. The number of amides is 1. The van der Waals surface area contributed by atoms with Crippen molar-refractivity contribution in [2.75, 3.05) is 10.6 Å². The second-order valence-electron chi connectivity index (χ2n) is 8.98. The number of nitrogens with one attached hydrogen (secondary N) is 2. The number of carbonyl (C=O) groups is 1. The monoisotopic (exact) mass is 533 g/mol. The molecular formula is C28H25Cl2N5O2. The lowest BCUT2D eigenvalue weighted by Gasteiger charge is -2.29. The second-order valence-corrected chi connectivity index (χ2v) is 9.79. The fourth-order valence-electron chi connectivity index (χ4n) is 4.41. The van der Waals surface area contributed by atoms with Gasteiger partial charge in [0.1, 0.15) is 24.7 Å². The molecule has 0 unspecified atom stereocenters. The lowest BCUT2D eigenvalue weighted by atomic mass is 9.94. The van der Waals surface area contributed by atoms with Gasteiger partial charge < -0.3 is 15.4 Å². The van der Waals surface area contributed by atoms with Gasteiger partial charge in [0.25, 0.3) is 5.91 Å². The summed E-state index contributed by atoms with van der Waals surface area (Å²) in [4.78, 5) is 18.0. The van der Waals surface area contributed by atoms with Crippen LogP contribution in [-0.2, 0) is 11.4 Å². The molecule has 1 aromatic heterocycles. The average molecular weight is 534 g/mol. The number of aryl methyl sites for hydroxylation is 2. The van der Waals surface area contributed by atoms with Crippen molar-refractivity contribution in [2.45, 2.75) is 33.4 Å². The Balaban J connectivity index is 1.46. The van der Waals surface area contributed by atoms with Crippen molar-refractivity contribution >= 4 is 40.7 Å². The van der Waals surface area contributed by atoms with Crippen LogP contribution in [0.3, 0.4) is 0 Å². The molecule has 5 rings (SSSR count). The molecule has 0 spiro atoms. The Morgan fingerprint density at radius 1 is 1.05 bits per heavy atom. The van der Waals surface area contributed by atoms with Gasteiger partial charge in [-0.1, -0.05) is 59.1 Å². The molecule has 0 aliphatic carbocycles. The Morgan fingerprint density at radius 2 is 1.89 bits per heavy atom. The van der Waals surface area contributed by atoms with E-state index in [1.807, 2.05) is 69.3 Å². The van der Waals surface area contributed by atoms with E-state index < -0.39 is 6.04 Å². The molecule has 37 heavy (non-hydrogen) atoms. The van der Waals surface area contributed by atoms with Crippen LogP contribution in [0.2, 0.25) is 10.0 Å². The summed E-state index contributed by atoms with van der Waals surface area (Å²) in [5, 5.41) is 11.7. The molecule has 0 radical (unpaired) electrons. The number of benzene rings is 3. The number of hydrogen-bond donors (Lipinski definition) is 2. The van der Waals surface area contributed by atoms with Crippen molar-refractivity contribution in [3.63, 3.8) is 0 Å². The molecule has 0 saturated heterocycles. The largest absolute Gasteiger partial charge is 0.489 e. The predicted octanol–water partition coefficient (Wildman–Crippen LogP) is 6.71. The molecule has 7 nitrogen and oxygen atoms in total. The minimum Gasteiger partial charge on any atom is -0.489 e. The lowest BCUT2D eigenvalue weighted by molar-refractivity contribution is -0.113. The topological polar surface area (TPSA) is 81.1 Å². The zero-order valence-corrected chi connectivity index (χ0v) is 22.1. The normalized spacial score (nSPS) is 14.7. The van der Waals surface area contributed by atoms with Gasteiger partial charge in [0.2, 0.25) is 5.95 Å². The van der Waals surface area contributed by atoms with E-state index in [1.54, 1.807) is 16.8 Å². The van der Waals surface area contributed by atoms with Gasteiger partial charge in [-0.2, -0.15) is 10.1 Å².